The molecule has 0 radical (unpaired) electrons. The van der Waals surface area contributed by atoms with Crippen molar-refractivity contribution in [2.24, 2.45) is 5.10 Å². The normalized spacial score (nSPS) is 14.5. The molecule has 1 fully saturated rings. The zero-order chi connectivity index (χ0) is 22.1. The smallest absolute Gasteiger partial charge is 0.277 e. The van der Waals surface area contributed by atoms with Crippen molar-refractivity contribution in [2.75, 3.05) is 26.8 Å². The molecule has 0 spiro atoms. The van der Waals surface area contributed by atoms with Gasteiger partial charge in [-0.05, 0) is 80.9 Å². The second-order valence-corrected chi connectivity index (χ2v) is 7.52. The molecular formula is C24H28N4O3. The van der Waals surface area contributed by atoms with Crippen molar-refractivity contribution < 1.29 is 14.3 Å². The molecule has 0 unspecified atom stereocenters. The van der Waals surface area contributed by atoms with Crippen molar-refractivity contribution >= 4 is 11.6 Å². The Balaban J connectivity index is 1.58. The van der Waals surface area contributed by atoms with E-state index in [0.717, 1.165) is 36.5 Å². The molecule has 2 aromatic rings. The minimum atomic E-state index is -0.356. The first-order valence-electron chi connectivity index (χ1n) is 10.4. The Kier molecular flexibility index (Phi) is 8.02. The third kappa shape index (κ3) is 6.56. The van der Waals surface area contributed by atoms with E-state index in [1.807, 2.05) is 25.1 Å². The van der Waals surface area contributed by atoms with Gasteiger partial charge in [-0.15, -0.1) is 0 Å². The molecule has 1 amide bonds. The van der Waals surface area contributed by atoms with E-state index in [0.29, 0.717) is 17.0 Å². The van der Waals surface area contributed by atoms with Gasteiger partial charge in [0.05, 0.1) is 24.5 Å². The number of nitriles is 1. The van der Waals surface area contributed by atoms with Crippen LogP contribution in [0.15, 0.2) is 47.6 Å². The van der Waals surface area contributed by atoms with Crippen molar-refractivity contribution in [1.82, 2.24) is 10.3 Å². The van der Waals surface area contributed by atoms with E-state index in [4.69, 9.17) is 14.7 Å². The van der Waals surface area contributed by atoms with Gasteiger partial charge < -0.3 is 9.47 Å². The molecule has 0 aliphatic carbocycles. The van der Waals surface area contributed by atoms with Crippen molar-refractivity contribution in [3.63, 3.8) is 0 Å². The molecule has 0 aromatic heterocycles. The van der Waals surface area contributed by atoms with Crippen LogP contribution in [0, 0.1) is 11.3 Å². The first kappa shape index (κ1) is 22.3. The lowest BCUT2D eigenvalue weighted by atomic mass is 10.0. The highest BCUT2D eigenvalue weighted by Crippen LogP contribution is 2.23. The van der Waals surface area contributed by atoms with E-state index in [9.17, 15) is 4.79 Å². The highest BCUT2D eigenvalue weighted by Gasteiger charge is 2.14. The first-order valence-corrected chi connectivity index (χ1v) is 10.4. The van der Waals surface area contributed by atoms with Gasteiger partial charge in [-0.1, -0.05) is 6.42 Å². The third-order valence-electron chi connectivity index (χ3n) is 5.24. The number of piperidine rings is 1. The van der Waals surface area contributed by atoms with E-state index in [1.54, 1.807) is 31.4 Å². The predicted octanol–water partition coefficient (Wildman–Crippen LogP) is 3.47. The maximum Gasteiger partial charge on any atom is 0.277 e. The van der Waals surface area contributed by atoms with Crippen molar-refractivity contribution in [3.05, 3.63) is 59.2 Å². The molecule has 0 saturated carbocycles. The summed E-state index contributed by atoms with van der Waals surface area (Å²) in [7, 11) is 1.68. The van der Waals surface area contributed by atoms with Crippen LogP contribution in [-0.4, -0.2) is 43.3 Å². The van der Waals surface area contributed by atoms with E-state index >= 15 is 0 Å². The van der Waals surface area contributed by atoms with Crippen LogP contribution in [0.5, 0.6) is 11.5 Å². The summed E-state index contributed by atoms with van der Waals surface area (Å²) in [5.41, 5.74) is 5.82. The lowest BCUT2D eigenvalue weighted by Gasteiger charge is -2.27. The van der Waals surface area contributed by atoms with Gasteiger partial charge in [0.2, 0.25) is 0 Å². The van der Waals surface area contributed by atoms with Crippen LogP contribution in [0.3, 0.4) is 0 Å². The molecule has 31 heavy (non-hydrogen) atoms. The fourth-order valence-corrected chi connectivity index (χ4v) is 3.50. The van der Waals surface area contributed by atoms with Gasteiger partial charge in [-0.25, -0.2) is 5.43 Å². The Morgan fingerprint density at radius 3 is 2.58 bits per heavy atom. The number of benzene rings is 2. The number of nitrogens with one attached hydrogen (secondary N) is 1. The minimum absolute atomic E-state index is 0.161. The number of hydrogen-bond acceptors (Lipinski definition) is 6. The molecule has 0 bridgehead atoms. The minimum Gasteiger partial charge on any atom is -0.496 e. The standard InChI is InChI=1S/C24H28N4O3/c1-18(26-27-24(29)17-31-22-9-6-19(15-25)7-10-22)20-8-11-23(30-2)21(14-20)16-28-12-4-3-5-13-28/h6-11,14H,3-5,12-13,16-17H2,1-2H3,(H,27,29)/b26-18-. The molecule has 2 aromatic carbocycles. The number of hydrazone groups is 1. The van der Waals surface area contributed by atoms with Gasteiger partial charge in [0.1, 0.15) is 11.5 Å². The fraction of sp³-hybridized carbons (Fsp3) is 0.375. The maximum atomic E-state index is 12.1. The third-order valence-corrected chi connectivity index (χ3v) is 5.24. The molecular weight excluding hydrogens is 392 g/mol. The van der Waals surface area contributed by atoms with E-state index < -0.39 is 0 Å². The molecule has 162 valence electrons. The summed E-state index contributed by atoms with van der Waals surface area (Å²) in [4.78, 5) is 14.5. The second-order valence-electron chi connectivity index (χ2n) is 7.52. The summed E-state index contributed by atoms with van der Waals surface area (Å²) < 4.78 is 11.0. The summed E-state index contributed by atoms with van der Waals surface area (Å²) in [6.07, 6.45) is 3.77. The first-order chi connectivity index (χ1) is 15.1. The van der Waals surface area contributed by atoms with Gasteiger partial charge in [0.15, 0.2) is 6.61 Å². The number of likely N-dealkylation sites (tertiary alicyclic amines) is 1. The predicted molar refractivity (Wildman–Crippen MR) is 119 cm³/mol. The fourth-order valence-electron chi connectivity index (χ4n) is 3.50. The zero-order valence-electron chi connectivity index (χ0n) is 18.1. The van der Waals surface area contributed by atoms with E-state index in [1.165, 1.54) is 19.3 Å². The summed E-state index contributed by atoms with van der Waals surface area (Å²) >= 11 is 0. The molecule has 7 heteroatoms. The van der Waals surface area contributed by atoms with Gasteiger partial charge >= 0.3 is 0 Å². The van der Waals surface area contributed by atoms with Crippen LogP contribution in [0.25, 0.3) is 0 Å². The Bertz CT molecular complexity index is 958. The molecule has 1 N–H and O–H groups in total. The Hall–Kier alpha value is -3.37. The molecule has 7 nitrogen and oxygen atoms in total. The SMILES string of the molecule is COc1ccc(/C(C)=N\NC(=O)COc2ccc(C#N)cc2)cc1CN1CCCCC1. The average molecular weight is 421 g/mol. The Labute approximate surface area is 183 Å². The summed E-state index contributed by atoms with van der Waals surface area (Å²) in [6, 6.07) is 14.6. The largest absolute Gasteiger partial charge is 0.496 e. The number of rotatable bonds is 8. The number of carbonyl (C=O) groups is 1. The second kappa shape index (κ2) is 11.1. The number of nitrogens with zero attached hydrogens (tertiary/aromatic N) is 3. The lowest BCUT2D eigenvalue weighted by Crippen LogP contribution is -2.29. The van der Waals surface area contributed by atoms with Crippen LogP contribution in [-0.2, 0) is 11.3 Å². The summed E-state index contributed by atoms with van der Waals surface area (Å²) in [5.74, 6) is 1.03. The Morgan fingerprint density at radius 2 is 1.90 bits per heavy atom. The quantitative estimate of drug-likeness (QED) is 0.522. The number of amides is 1. The highest BCUT2D eigenvalue weighted by molar-refractivity contribution is 5.99. The number of ether oxygens (including phenoxy) is 2. The van der Waals surface area contributed by atoms with Crippen LogP contribution < -0.4 is 14.9 Å². The van der Waals surface area contributed by atoms with Gasteiger partial charge in [-0.2, -0.15) is 10.4 Å². The van der Waals surface area contributed by atoms with Crippen LogP contribution in [0.2, 0.25) is 0 Å². The number of carbonyl (C=O) groups excluding carboxylic acids is 1. The molecule has 1 aliphatic rings. The van der Waals surface area contributed by atoms with Gasteiger partial charge in [-0.3, -0.25) is 9.69 Å². The molecule has 0 atom stereocenters. The van der Waals surface area contributed by atoms with E-state index in [-0.39, 0.29) is 12.5 Å². The van der Waals surface area contributed by atoms with Crippen molar-refractivity contribution in [1.29, 1.82) is 5.26 Å². The average Bonchev–Trinajstić information content (AvgIpc) is 2.82. The number of methoxy groups -OCH3 is 1. The van der Waals surface area contributed by atoms with Crippen LogP contribution >= 0.6 is 0 Å². The van der Waals surface area contributed by atoms with Gasteiger partial charge in [0.25, 0.3) is 5.91 Å². The zero-order valence-corrected chi connectivity index (χ0v) is 18.1. The van der Waals surface area contributed by atoms with Crippen molar-refractivity contribution in [3.8, 4) is 17.6 Å². The molecule has 1 aliphatic heterocycles. The molecule has 1 heterocycles. The van der Waals surface area contributed by atoms with Crippen LogP contribution in [0.1, 0.15) is 42.9 Å². The lowest BCUT2D eigenvalue weighted by molar-refractivity contribution is -0.123. The maximum absolute atomic E-state index is 12.1. The van der Waals surface area contributed by atoms with E-state index in [2.05, 4.69) is 21.5 Å². The Morgan fingerprint density at radius 1 is 1.16 bits per heavy atom. The van der Waals surface area contributed by atoms with Gasteiger partial charge in [0, 0.05) is 12.1 Å². The van der Waals surface area contributed by atoms with Crippen molar-refractivity contribution in [2.45, 2.75) is 32.7 Å². The highest BCUT2D eigenvalue weighted by atomic mass is 16.5. The monoisotopic (exact) mass is 420 g/mol. The molecule has 3 rings (SSSR count). The summed E-state index contributed by atoms with van der Waals surface area (Å²) in [5, 5.41) is 13.0. The summed E-state index contributed by atoms with van der Waals surface area (Å²) in [6.45, 7) is 4.75. The molecule has 1 saturated heterocycles. The number of hydrogen-bond donors (Lipinski definition) is 1. The van der Waals surface area contributed by atoms with Crippen LogP contribution in [0.4, 0.5) is 0 Å². The topological polar surface area (TPSA) is 87.0 Å².